The lowest BCUT2D eigenvalue weighted by atomic mass is 10.1. The van der Waals surface area contributed by atoms with Crippen molar-refractivity contribution in [2.75, 3.05) is 11.9 Å². The van der Waals surface area contributed by atoms with Gasteiger partial charge in [-0.1, -0.05) is 23.7 Å². The summed E-state index contributed by atoms with van der Waals surface area (Å²) in [4.78, 5) is 8.42. The Labute approximate surface area is 99.5 Å². The first kappa shape index (κ1) is 10.9. The smallest absolute Gasteiger partial charge is 0.222 e. The molecule has 0 radical (unpaired) electrons. The van der Waals surface area contributed by atoms with Crippen LogP contribution in [0, 0.1) is 0 Å². The number of nitrogens with one attached hydrogen (secondary N) is 1. The van der Waals surface area contributed by atoms with E-state index in [2.05, 4.69) is 15.3 Å². The van der Waals surface area contributed by atoms with Gasteiger partial charge in [0, 0.05) is 29.5 Å². The van der Waals surface area contributed by atoms with Gasteiger partial charge in [0.2, 0.25) is 5.95 Å². The van der Waals surface area contributed by atoms with Gasteiger partial charge in [-0.15, -0.1) is 0 Å². The molecule has 4 heteroatoms. The average molecular weight is 234 g/mol. The summed E-state index contributed by atoms with van der Waals surface area (Å²) in [5.74, 6) is 0.647. The summed E-state index contributed by atoms with van der Waals surface area (Å²) in [6.45, 7) is 2.82. The SMILES string of the molecule is CCNc1ncc(-c2cccc(Cl)c2)cn1. The number of anilines is 1. The minimum absolute atomic E-state index is 0.647. The molecule has 3 nitrogen and oxygen atoms in total. The van der Waals surface area contributed by atoms with E-state index in [-0.39, 0.29) is 0 Å². The molecule has 0 fully saturated rings. The Bertz CT molecular complexity index is 468. The number of aromatic nitrogens is 2. The Hall–Kier alpha value is -1.61. The van der Waals surface area contributed by atoms with E-state index in [9.17, 15) is 0 Å². The second-order valence-corrected chi connectivity index (χ2v) is 3.77. The monoisotopic (exact) mass is 233 g/mol. The highest BCUT2D eigenvalue weighted by molar-refractivity contribution is 6.30. The van der Waals surface area contributed by atoms with Crippen molar-refractivity contribution in [2.24, 2.45) is 0 Å². The van der Waals surface area contributed by atoms with Crippen LogP contribution in [0.4, 0.5) is 5.95 Å². The second kappa shape index (κ2) is 4.94. The highest BCUT2D eigenvalue weighted by atomic mass is 35.5. The van der Waals surface area contributed by atoms with Gasteiger partial charge in [0.1, 0.15) is 0 Å². The number of halogens is 1. The maximum atomic E-state index is 5.92. The molecule has 0 aliphatic heterocycles. The summed E-state index contributed by atoms with van der Waals surface area (Å²) >= 11 is 5.92. The molecule has 0 aliphatic rings. The van der Waals surface area contributed by atoms with Crippen molar-refractivity contribution in [1.29, 1.82) is 0 Å². The van der Waals surface area contributed by atoms with Crippen LogP contribution in [0.1, 0.15) is 6.92 Å². The van der Waals surface area contributed by atoms with Crippen LogP contribution >= 0.6 is 11.6 Å². The largest absolute Gasteiger partial charge is 0.355 e. The molecule has 16 heavy (non-hydrogen) atoms. The van der Waals surface area contributed by atoms with E-state index in [4.69, 9.17) is 11.6 Å². The predicted octanol–water partition coefficient (Wildman–Crippen LogP) is 3.23. The summed E-state index contributed by atoms with van der Waals surface area (Å²) in [7, 11) is 0. The van der Waals surface area contributed by atoms with Crippen LogP contribution in [0.5, 0.6) is 0 Å². The van der Waals surface area contributed by atoms with Crippen LogP contribution in [0.25, 0.3) is 11.1 Å². The topological polar surface area (TPSA) is 37.8 Å². The Morgan fingerprint density at radius 3 is 2.56 bits per heavy atom. The molecule has 0 amide bonds. The lowest BCUT2D eigenvalue weighted by molar-refractivity contribution is 1.09. The molecule has 2 rings (SSSR count). The van der Waals surface area contributed by atoms with Gasteiger partial charge in [-0.3, -0.25) is 0 Å². The molecule has 2 aromatic rings. The van der Waals surface area contributed by atoms with Gasteiger partial charge in [0.25, 0.3) is 0 Å². The van der Waals surface area contributed by atoms with Gasteiger partial charge in [-0.25, -0.2) is 9.97 Å². The van der Waals surface area contributed by atoms with Crippen molar-refractivity contribution < 1.29 is 0 Å². The lowest BCUT2D eigenvalue weighted by Gasteiger charge is -2.03. The second-order valence-electron chi connectivity index (χ2n) is 3.34. The van der Waals surface area contributed by atoms with Crippen LogP contribution in [0.2, 0.25) is 5.02 Å². The summed E-state index contributed by atoms with van der Waals surface area (Å²) in [5.41, 5.74) is 1.99. The zero-order valence-electron chi connectivity index (χ0n) is 8.94. The van der Waals surface area contributed by atoms with Crippen molar-refractivity contribution in [2.45, 2.75) is 6.92 Å². The first-order valence-electron chi connectivity index (χ1n) is 5.11. The van der Waals surface area contributed by atoms with Crippen molar-refractivity contribution >= 4 is 17.5 Å². The maximum absolute atomic E-state index is 5.92. The van der Waals surface area contributed by atoms with Gasteiger partial charge in [-0.2, -0.15) is 0 Å². The standard InChI is InChI=1S/C12H12ClN3/c1-2-14-12-15-7-10(8-16-12)9-4-3-5-11(13)6-9/h3-8H,2H2,1H3,(H,14,15,16). The molecule has 0 spiro atoms. The molecule has 0 saturated carbocycles. The molecule has 1 N–H and O–H groups in total. The summed E-state index contributed by atoms with van der Waals surface area (Å²) < 4.78 is 0. The fourth-order valence-electron chi connectivity index (χ4n) is 1.39. The molecular formula is C12H12ClN3. The Morgan fingerprint density at radius 1 is 1.19 bits per heavy atom. The fraction of sp³-hybridized carbons (Fsp3) is 0.167. The first-order valence-corrected chi connectivity index (χ1v) is 5.49. The number of benzene rings is 1. The van der Waals surface area contributed by atoms with Gasteiger partial charge < -0.3 is 5.32 Å². The molecule has 1 heterocycles. The van der Waals surface area contributed by atoms with Gasteiger partial charge >= 0.3 is 0 Å². The number of hydrogen-bond donors (Lipinski definition) is 1. The number of nitrogens with zero attached hydrogens (tertiary/aromatic N) is 2. The van der Waals surface area contributed by atoms with E-state index in [0.29, 0.717) is 11.0 Å². The summed E-state index contributed by atoms with van der Waals surface area (Å²) in [6, 6.07) is 7.64. The van der Waals surface area contributed by atoms with Crippen molar-refractivity contribution in [3.63, 3.8) is 0 Å². The van der Waals surface area contributed by atoms with E-state index < -0.39 is 0 Å². The highest BCUT2D eigenvalue weighted by Gasteiger charge is 2.00. The zero-order chi connectivity index (χ0) is 11.4. The average Bonchev–Trinajstić information content (AvgIpc) is 2.30. The third-order valence-corrected chi connectivity index (χ3v) is 2.38. The van der Waals surface area contributed by atoms with Crippen LogP contribution in [0.15, 0.2) is 36.7 Å². The van der Waals surface area contributed by atoms with E-state index in [0.717, 1.165) is 17.7 Å². The van der Waals surface area contributed by atoms with Gasteiger partial charge in [0.15, 0.2) is 0 Å². The normalized spacial score (nSPS) is 10.1. The Balaban J connectivity index is 2.27. The number of rotatable bonds is 3. The van der Waals surface area contributed by atoms with E-state index in [1.807, 2.05) is 31.2 Å². The molecule has 0 atom stereocenters. The van der Waals surface area contributed by atoms with Crippen LogP contribution < -0.4 is 5.32 Å². The quantitative estimate of drug-likeness (QED) is 0.885. The predicted molar refractivity (Wildman–Crippen MR) is 66.6 cm³/mol. The summed E-state index contributed by atoms with van der Waals surface area (Å²) in [5, 5.41) is 3.77. The minimum Gasteiger partial charge on any atom is -0.355 e. The third kappa shape index (κ3) is 2.49. The zero-order valence-corrected chi connectivity index (χ0v) is 9.70. The minimum atomic E-state index is 0.647. The first-order chi connectivity index (χ1) is 7.79. The van der Waals surface area contributed by atoms with Crippen molar-refractivity contribution in [1.82, 2.24) is 9.97 Å². The van der Waals surface area contributed by atoms with E-state index in [1.165, 1.54) is 0 Å². The molecule has 82 valence electrons. The van der Waals surface area contributed by atoms with E-state index >= 15 is 0 Å². The Kier molecular flexibility index (Phi) is 3.37. The van der Waals surface area contributed by atoms with Crippen LogP contribution in [0.3, 0.4) is 0 Å². The van der Waals surface area contributed by atoms with Gasteiger partial charge in [-0.05, 0) is 24.6 Å². The van der Waals surface area contributed by atoms with Crippen molar-refractivity contribution in [3.8, 4) is 11.1 Å². The third-order valence-electron chi connectivity index (χ3n) is 2.14. The molecule has 1 aromatic carbocycles. The molecule has 0 bridgehead atoms. The van der Waals surface area contributed by atoms with Crippen LogP contribution in [-0.4, -0.2) is 16.5 Å². The molecule has 0 saturated heterocycles. The summed E-state index contributed by atoms with van der Waals surface area (Å²) in [6.07, 6.45) is 3.58. The van der Waals surface area contributed by atoms with E-state index in [1.54, 1.807) is 12.4 Å². The highest BCUT2D eigenvalue weighted by Crippen LogP contribution is 2.21. The Morgan fingerprint density at radius 2 is 1.94 bits per heavy atom. The van der Waals surface area contributed by atoms with Crippen LogP contribution in [-0.2, 0) is 0 Å². The number of hydrogen-bond acceptors (Lipinski definition) is 3. The molecular weight excluding hydrogens is 222 g/mol. The lowest BCUT2D eigenvalue weighted by Crippen LogP contribution is -2.01. The fourth-order valence-corrected chi connectivity index (χ4v) is 1.58. The van der Waals surface area contributed by atoms with Gasteiger partial charge in [0.05, 0.1) is 0 Å². The molecule has 0 aliphatic carbocycles. The molecule has 1 aromatic heterocycles. The van der Waals surface area contributed by atoms with Crippen molar-refractivity contribution in [3.05, 3.63) is 41.7 Å². The molecule has 0 unspecified atom stereocenters. The maximum Gasteiger partial charge on any atom is 0.222 e.